The molecule has 9 N–H and O–H groups in total. The molecule has 0 radical (unpaired) electrons. The third-order valence-electron chi connectivity index (χ3n) is 15.9. The number of fused-ring (bicyclic) bond motifs is 4. The number of phenolic OH excluding ortho intramolecular Hbond substituents is 2. The van der Waals surface area contributed by atoms with Crippen LogP contribution in [0.1, 0.15) is 116 Å². The number of methoxy groups -OCH3 is 1. The van der Waals surface area contributed by atoms with E-state index >= 15 is 0 Å². The Morgan fingerprint density at radius 2 is 1.59 bits per heavy atom. The van der Waals surface area contributed by atoms with Gasteiger partial charge in [-0.2, -0.15) is 0 Å². The fourth-order valence-corrected chi connectivity index (χ4v) is 12.3. The molecular weight excluding hydrogens is 1190 g/mol. The molecule has 80 heavy (non-hydrogen) atoms. The van der Waals surface area contributed by atoms with Gasteiger partial charge in [-0.1, -0.05) is 53.5 Å². The molecule has 0 spiro atoms. The van der Waals surface area contributed by atoms with Gasteiger partial charge in [0.05, 0.1) is 59.4 Å². The van der Waals surface area contributed by atoms with Gasteiger partial charge in [0.25, 0.3) is 11.8 Å². The number of aliphatic hydroxyl groups is 3. The van der Waals surface area contributed by atoms with Gasteiger partial charge in [-0.05, 0) is 116 Å². The molecule has 2 aliphatic carbocycles. The van der Waals surface area contributed by atoms with Crippen molar-refractivity contribution >= 4 is 86.3 Å². The number of nitrogens with zero attached hydrogens (tertiary/aromatic N) is 4. The summed E-state index contributed by atoms with van der Waals surface area (Å²) in [5.41, 5.74) is 11.8. The van der Waals surface area contributed by atoms with Crippen LogP contribution >= 0.6 is 45.8 Å². The minimum Gasteiger partial charge on any atom is -0.507 e. The number of aliphatic hydroxyl groups excluding tert-OH is 2. The van der Waals surface area contributed by atoms with Crippen LogP contribution in [0.4, 0.5) is 11.4 Å². The molecule has 19 nitrogen and oxygen atoms in total. The van der Waals surface area contributed by atoms with Gasteiger partial charge in [-0.3, -0.25) is 24.0 Å². The number of rotatable bonds is 12. The lowest BCUT2D eigenvalue weighted by Gasteiger charge is -2.42. The summed E-state index contributed by atoms with van der Waals surface area (Å²) in [5.74, 6) is -4.16. The van der Waals surface area contributed by atoms with Crippen molar-refractivity contribution < 1.29 is 63.7 Å². The number of carbonyl (C=O) groups is 5. The summed E-state index contributed by atoms with van der Waals surface area (Å²) < 4.78 is 17.9. The minimum absolute atomic E-state index is 0.0173. The largest absolute Gasteiger partial charge is 0.507 e. The average molecular weight is 1250 g/mol. The SMILES string of the molecule is COc1cccc2c1C(=O)c1c(O)c3c(c(O)c1C2=O)C[C@@](O)(C(=O)CO)C[C@@H]3O[C@H]1C[C@H](N)[C@H](O)[C@H](C)O1.C[C@H](c1ccc(Cl)cc1N)N1C(=O)c2cc(I)ccc2N(CCCN2CCN(C)CC2)C(=O)[C@@H]1c1ccc(Cl)cc1. The number of aromatic hydroxyl groups is 2. The number of amides is 2. The summed E-state index contributed by atoms with van der Waals surface area (Å²) >= 11 is 14.6. The number of nitrogen functional groups attached to an aromatic ring is 1. The number of ether oxygens (including phenoxy) is 3. The van der Waals surface area contributed by atoms with Gasteiger partial charge >= 0.3 is 0 Å². The zero-order valence-corrected chi connectivity index (χ0v) is 48.1. The first kappa shape index (κ1) is 58.9. The van der Waals surface area contributed by atoms with Crippen LogP contribution in [-0.4, -0.2) is 160 Å². The average Bonchev–Trinajstić information content (AvgIpc) is 3.54. The van der Waals surface area contributed by atoms with E-state index in [2.05, 4.69) is 39.4 Å². The number of halogens is 3. The maximum atomic E-state index is 14.7. The predicted octanol–water partition coefficient (Wildman–Crippen LogP) is 6.11. The Morgan fingerprint density at radius 3 is 2.25 bits per heavy atom. The van der Waals surface area contributed by atoms with E-state index in [1.54, 1.807) is 41.0 Å². The molecular formula is C58H63Cl2IN6O13. The highest BCUT2D eigenvalue weighted by atomic mass is 127. The third kappa shape index (κ3) is 11.3. The van der Waals surface area contributed by atoms with E-state index in [0.29, 0.717) is 39.1 Å². The Balaban J connectivity index is 0.000000194. The van der Waals surface area contributed by atoms with Gasteiger partial charge in [0.2, 0.25) is 5.78 Å². The monoisotopic (exact) mass is 1250 g/mol. The van der Waals surface area contributed by atoms with Crippen LogP contribution in [0.25, 0.3) is 0 Å². The van der Waals surface area contributed by atoms with Crippen LogP contribution in [0.15, 0.2) is 78.9 Å². The molecule has 0 aromatic heterocycles. The van der Waals surface area contributed by atoms with Gasteiger partial charge < -0.3 is 70.8 Å². The summed E-state index contributed by atoms with van der Waals surface area (Å²) in [4.78, 5) is 77.2. The molecule has 2 saturated heterocycles. The topological polar surface area (TPSA) is 279 Å². The Hall–Kier alpha value is -5.76. The molecule has 10 rings (SSSR count). The number of benzene rings is 5. The van der Waals surface area contributed by atoms with Crippen LogP contribution in [-0.2, 0) is 25.5 Å². The van der Waals surface area contributed by atoms with Gasteiger partial charge in [0.15, 0.2) is 17.9 Å². The Kier molecular flexibility index (Phi) is 17.7. The number of likely N-dealkylation sites (N-methyl/N-ethyl adjacent to an activating group) is 1. The molecule has 8 atom stereocenters. The van der Waals surface area contributed by atoms with Crippen molar-refractivity contribution in [2.45, 2.75) is 87.9 Å². The van der Waals surface area contributed by atoms with Crippen LogP contribution in [0.3, 0.4) is 0 Å². The first-order valence-electron chi connectivity index (χ1n) is 26.2. The van der Waals surface area contributed by atoms with Crippen molar-refractivity contribution in [3.8, 4) is 17.2 Å². The number of nitrogens with two attached hydrogens (primary N) is 2. The summed E-state index contributed by atoms with van der Waals surface area (Å²) in [6.45, 7) is 7.96. The van der Waals surface area contributed by atoms with E-state index in [1.807, 2.05) is 43.3 Å². The number of phenols is 2. The first-order valence-corrected chi connectivity index (χ1v) is 28.0. The standard InChI is InChI=1S/C31H34Cl2IN5O2.C27H29NO11/c1-20(25-10-8-23(33)18-27(25)35)39-29(21-4-6-22(32)7-5-21)31(41)38(13-3-12-37-16-14-36(2)15-17-37)28-11-9-24(34)19-26(28)30(39)40;1-10-22(31)13(28)6-17(38-10)39-15-8-27(36,16(30)9-29)7-12-19(15)26(35)21-20(24(12)33)23(32)11-4-3-5-14(37-2)18(11)25(21)34/h4-11,18-20,29H,3,12-17,35H2,1-2H3;3-5,10,13,15,17,22,29,31,33,35-36H,6-9,28H2,1-2H3/t20-,29+;10-,13-,15-,17-,22+,27-/m10/s1. The van der Waals surface area contributed by atoms with Crippen molar-refractivity contribution in [1.29, 1.82) is 0 Å². The number of ketones is 3. The molecule has 0 saturated carbocycles. The highest BCUT2D eigenvalue weighted by Crippen LogP contribution is 2.53. The number of Topliss-reactive ketones (excluding diaryl/α,β-unsaturated/α-hetero) is 1. The van der Waals surface area contributed by atoms with Crippen molar-refractivity contribution in [1.82, 2.24) is 14.7 Å². The summed E-state index contributed by atoms with van der Waals surface area (Å²) in [6.07, 6.45) is -4.33. The van der Waals surface area contributed by atoms with Crippen LogP contribution in [0.5, 0.6) is 17.2 Å². The number of anilines is 2. The van der Waals surface area contributed by atoms with Crippen LogP contribution < -0.4 is 21.1 Å². The summed E-state index contributed by atoms with van der Waals surface area (Å²) in [7, 11) is 3.46. The molecule has 2 amide bonds. The number of piperazine rings is 1. The first-order chi connectivity index (χ1) is 38.1. The van der Waals surface area contributed by atoms with E-state index in [-0.39, 0.29) is 46.2 Å². The number of carbonyl (C=O) groups excluding carboxylic acids is 5. The Morgan fingerprint density at radius 1 is 0.900 bits per heavy atom. The zero-order chi connectivity index (χ0) is 57.6. The zero-order valence-electron chi connectivity index (χ0n) is 44.4. The molecule has 3 aliphatic heterocycles. The summed E-state index contributed by atoms with van der Waals surface area (Å²) in [6, 6.07) is 20.4. The van der Waals surface area contributed by atoms with E-state index in [1.165, 1.54) is 25.3 Å². The molecule has 2 fully saturated rings. The van der Waals surface area contributed by atoms with E-state index in [0.717, 1.165) is 48.3 Å². The fraction of sp³-hybridized carbons (Fsp3) is 0.397. The lowest BCUT2D eigenvalue weighted by molar-refractivity contribution is -0.247. The second-order valence-electron chi connectivity index (χ2n) is 20.9. The molecule has 0 unspecified atom stereocenters. The molecule has 3 heterocycles. The Bertz CT molecular complexity index is 3240. The minimum atomic E-state index is -2.24. The lowest BCUT2D eigenvalue weighted by atomic mass is 9.72. The number of hydrogen-bond donors (Lipinski definition) is 7. The van der Waals surface area contributed by atoms with Crippen LogP contribution in [0, 0.1) is 3.57 Å². The molecule has 5 aromatic rings. The lowest BCUT2D eigenvalue weighted by Crippen LogP contribution is -2.53. The van der Waals surface area contributed by atoms with Gasteiger partial charge in [0.1, 0.15) is 35.5 Å². The number of hydrogen-bond acceptors (Lipinski definition) is 17. The van der Waals surface area contributed by atoms with E-state index < -0.39 is 108 Å². The van der Waals surface area contributed by atoms with Crippen molar-refractivity contribution in [3.05, 3.63) is 143 Å². The highest BCUT2D eigenvalue weighted by Gasteiger charge is 2.51. The quantitative estimate of drug-likeness (QED) is 0.0413. The molecule has 5 aliphatic rings. The van der Waals surface area contributed by atoms with E-state index in [4.69, 9.17) is 48.9 Å². The molecule has 22 heteroatoms. The van der Waals surface area contributed by atoms with Crippen molar-refractivity contribution in [2.75, 3.05) is 70.7 Å². The second-order valence-corrected chi connectivity index (χ2v) is 23.0. The second kappa shape index (κ2) is 24.0. The fourth-order valence-electron chi connectivity index (χ4n) is 11.5. The van der Waals surface area contributed by atoms with Gasteiger partial charge in [0, 0.05) is 94.0 Å². The highest BCUT2D eigenvalue weighted by molar-refractivity contribution is 14.1. The normalized spacial score (nSPS) is 24.4. The van der Waals surface area contributed by atoms with Crippen LogP contribution in [0.2, 0.25) is 10.0 Å². The van der Waals surface area contributed by atoms with Gasteiger partial charge in [-0.25, -0.2) is 0 Å². The van der Waals surface area contributed by atoms with Gasteiger partial charge in [-0.15, -0.1) is 0 Å². The predicted molar refractivity (Wildman–Crippen MR) is 306 cm³/mol. The third-order valence-corrected chi connectivity index (χ3v) is 17.0. The van der Waals surface area contributed by atoms with E-state index in [9.17, 15) is 49.5 Å². The Labute approximate surface area is 486 Å². The molecule has 0 bridgehead atoms. The smallest absolute Gasteiger partial charge is 0.257 e. The van der Waals surface area contributed by atoms with Crippen molar-refractivity contribution in [2.24, 2.45) is 5.73 Å². The summed E-state index contributed by atoms with van der Waals surface area (Å²) in [5, 5.41) is 54.8. The molecule has 424 valence electrons. The maximum absolute atomic E-state index is 14.7. The van der Waals surface area contributed by atoms with Crippen molar-refractivity contribution in [3.63, 3.8) is 0 Å². The maximum Gasteiger partial charge on any atom is 0.257 e. The molecule has 5 aromatic carbocycles.